The number of fused-ring (bicyclic) bond motifs is 3. The smallest absolute Gasteiger partial charge is 0.165 e. The molecule has 2 aliphatic carbocycles. The van der Waals surface area contributed by atoms with Crippen LogP contribution in [-0.4, -0.2) is 62.4 Å². The summed E-state index contributed by atoms with van der Waals surface area (Å²) in [6.07, 6.45) is 12.4. The number of hydrogen-bond donors (Lipinski definition) is 0. The monoisotopic (exact) mass is 681 g/mol. The lowest BCUT2D eigenvalue weighted by Gasteiger charge is -2.32. The van der Waals surface area contributed by atoms with Crippen molar-refractivity contribution in [3.05, 3.63) is 72.7 Å². The molecule has 4 aromatic rings. The minimum atomic E-state index is -1.24. The summed E-state index contributed by atoms with van der Waals surface area (Å²) in [7, 11) is -2.48. The lowest BCUT2D eigenvalue weighted by molar-refractivity contribution is 0.0942. The molecule has 3 heterocycles. The Hall–Kier alpha value is -3.12. The Kier molecular flexibility index (Phi) is 10.7. The molecule has 0 N–H and O–H groups in total. The van der Waals surface area contributed by atoms with E-state index in [1.54, 1.807) is 0 Å². The van der Waals surface area contributed by atoms with Gasteiger partial charge in [-0.2, -0.15) is 9.61 Å². The Bertz CT molecular complexity index is 1640. The molecule has 2 saturated carbocycles. The van der Waals surface area contributed by atoms with Crippen molar-refractivity contribution in [2.75, 3.05) is 31.6 Å². The van der Waals surface area contributed by atoms with Crippen molar-refractivity contribution in [3.8, 4) is 22.4 Å². The van der Waals surface area contributed by atoms with Gasteiger partial charge in [-0.25, -0.2) is 4.98 Å². The summed E-state index contributed by atoms with van der Waals surface area (Å²) in [6.45, 7) is 21.1. The molecule has 256 valence electrons. The third-order valence-electron chi connectivity index (χ3n) is 10.1. The third kappa shape index (κ3) is 8.36. The van der Waals surface area contributed by atoms with Gasteiger partial charge in [0.2, 0.25) is 0 Å². The first-order valence-electron chi connectivity index (χ1n) is 18.0. The number of rotatable bonds is 15. The zero-order valence-corrected chi connectivity index (χ0v) is 32.0. The highest BCUT2D eigenvalue weighted by Gasteiger charge is 2.37. The largest absolute Gasteiger partial charge is 0.361 e. The van der Waals surface area contributed by atoms with Crippen molar-refractivity contribution in [2.24, 2.45) is 11.8 Å². The fourth-order valence-corrected chi connectivity index (χ4v) is 8.87. The van der Waals surface area contributed by atoms with E-state index < -0.39 is 16.1 Å². The molecule has 0 saturated heterocycles. The number of hydrogen-bond acceptors (Lipinski definition) is 6. The highest BCUT2D eigenvalue weighted by Crippen LogP contribution is 2.49. The Labute approximate surface area is 289 Å². The lowest BCUT2D eigenvalue weighted by atomic mass is 9.78. The van der Waals surface area contributed by atoms with Gasteiger partial charge in [-0.15, -0.1) is 0 Å². The van der Waals surface area contributed by atoms with Gasteiger partial charge in [0, 0.05) is 63.7 Å². The summed E-state index contributed by atoms with van der Waals surface area (Å²) in [5.74, 6) is 2.94. The quantitative estimate of drug-likeness (QED) is 0.0707. The van der Waals surface area contributed by atoms with Crippen molar-refractivity contribution < 1.29 is 9.47 Å². The Morgan fingerprint density at radius 1 is 0.833 bits per heavy atom. The van der Waals surface area contributed by atoms with Crippen molar-refractivity contribution in [1.29, 1.82) is 0 Å². The van der Waals surface area contributed by atoms with Crippen LogP contribution >= 0.6 is 0 Å². The number of ether oxygens (including phenoxy) is 2. The minimum absolute atomic E-state index is 0.400. The van der Waals surface area contributed by atoms with E-state index in [-0.39, 0.29) is 0 Å². The number of nitrogens with zero attached hydrogens (tertiary/aromatic N) is 5. The molecule has 7 nitrogen and oxygen atoms in total. The zero-order chi connectivity index (χ0) is 33.9. The van der Waals surface area contributed by atoms with Crippen molar-refractivity contribution in [1.82, 2.24) is 19.6 Å². The molecule has 2 fully saturated rings. The van der Waals surface area contributed by atoms with Crippen molar-refractivity contribution in [2.45, 2.75) is 89.4 Å². The molecular weight excluding hydrogens is 627 g/mol. The van der Waals surface area contributed by atoms with Gasteiger partial charge in [-0.05, 0) is 49.3 Å². The van der Waals surface area contributed by atoms with Crippen molar-refractivity contribution >= 4 is 33.7 Å². The second kappa shape index (κ2) is 14.8. The minimum Gasteiger partial charge on any atom is -0.361 e. The third-order valence-corrected chi connectivity index (χ3v) is 13.5. The van der Waals surface area contributed by atoms with Crippen LogP contribution in [0.1, 0.15) is 49.3 Å². The number of benzene rings is 1. The molecule has 0 amide bonds. The fourth-order valence-electron chi connectivity index (χ4n) is 7.35. The Morgan fingerprint density at radius 2 is 1.48 bits per heavy atom. The number of anilines is 1. The van der Waals surface area contributed by atoms with Crippen molar-refractivity contribution in [3.63, 3.8) is 0 Å². The molecule has 2 aliphatic rings. The molecule has 48 heavy (non-hydrogen) atoms. The predicted octanol–water partition coefficient (Wildman–Crippen LogP) is 9.83. The van der Waals surface area contributed by atoms with Crippen LogP contribution in [0.4, 0.5) is 5.82 Å². The Morgan fingerprint density at radius 3 is 2.04 bits per heavy atom. The van der Waals surface area contributed by atoms with E-state index in [1.807, 2.05) is 41.2 Å². The maximum Gasteiger partial charge on any atom is 0.165 e. The average molecular weight is 682 g/mol. The lowest BCUT2D eigenvalue weighted by Crippen LogP contribution is -2.34. The molecule has 9 heteroatoms. The summed E-state index contributed by atoms with van der Waals surface area (Å²) < 4.78 is 14.9. The van der Waals surface area contributed by atoms with Crippen LogP contribution in [-0.2, 0) is 9.47 Å². The predicted molar refractivity (Wildman–Crippen MR) is 205 cm³/mol. The van der Waals surface area contributed by atoms with E-state index in [2.05, 4.69) is 75.0 Å². The van der Waals surface area contributed by atoms with Gasteiger partial charge in [0.15, 0.2) is 5.65 Å². The normalized spacial score (nSPS) is 19.6. The Balaban J connectivity index is 1.42. The molecule has 1 aromatic carbocycles. The zero-order valence-electron chi connectivity index (χ0n) is 30.0. The second-order valence-corrected chi connectivity index (χ2v) is 27.7. The summed E-state index contributed by atoms with van der Waals surface area (Å²) in [4.78, 5) is 12.6. The number of pyridine rings is 1. The number of aromatic nitrogens is 4. The van der Waals surface area contributed by atoms with Gasteiger partial charge >= 0.3 is 0 Å². The average Bonchev–Trinajstić information content (AvgIpc) is 3.64. The molecule has 6 rings (SSSR count). The van der Waals surface area contributed by atoms with Crippen LogP contribution in [0.5, 0.6) is 0 Å². The van der Waals surface area contributed by atoms with Crippen LogP contribution < -0.4 is 4.90 Å². The van der Waals surface area contributed by atoms with Crippen LogP contribution in [0.2, 0.25) is 51.4 Å². The first-order chi connectivity index (χ1) is 23.0. The van der Waals surface area contributed by atoms with Gasteiger partial charge < -0.3 is 14.4 Å². The highest BCUT2D eigenvalue weighted by molar-refractivity contribution is 6.76. The molecule has 0 aliphatic heterocycles. The van der Waals surface area contributed by atoms with E-state index in [0.717, 1.165) is 82.2 Å². The maximum atomic E-state index is 6.43. The van der Waals surface area contributed by atoms with Crippen LogP contribution in [0.3, 0.4) is 0 Å². The molecule has 2 bridgehead atoms. The summed E-state index contributed by atoms with van der Waals surface area (Å²) >= 11 is 0. The van der Waals surface area contributed by atoms with Gasteiger partial charge in [0.1, 0.15) is 19.3 Å². The second-order valence-electron chi connectivity index (χ2n) is 16.5. The summed E-state index contributed by atoms with van der Waals surface area (Å²) in [5, 5.41) is 5.01. The first kappa shape index (κ1) is 34.7. The van der Waals surface area contributed by atoms with E-state index in [0.29, 0.717) is 19.4 Å². The molecule has 0 unspecified atom stereocenters. The SMILES string of the molecule is C=Cc1c([C@H]2C[C@@H]3CC[C@@H](C3)C2)nc2c(-c3ccc(-c4ccccc4)nc3)cnn2c1N(COCC[Si](C)(C)C)COCC[Si](C)(C)C. The summed E-state index contributed by atoms with van der Waals surface area (Å²) in [5.41, 5.74) is 7.11. The topological polar surface area (TPSA) is 64.8 Å². The fraction of sp³-hybridized carbons (Fsp3) is 0.513. The first-order valence-corrected chi connectivity index (χ1v) is 25.4. The van der Waals surface area contributed by atoms with Crippen LogP contribution in [0.15, 0.2) is 61.4 Å². The van der Waals surface area contributed by atoms with E-state index in [9.17, 15) is 0 Å². The molecule has 3 atom stereocenters. The van der Waals surface area contributed by atoms with Gasteiger partial charge in [-0.1, -0.05) is 101 Å². The summed E-state index contributed by atoms with van der Waals surface area (Å²) in [6, 6.07) is 16.8. The van der Waals surface area contributed by atoms with Crippen LogP contribution in [0.25, 0.3) is 34.1 Å². The molecule has 3 aromatic heterocycles. The van der Waals surface area contributed by atoms with Gasteiger partial charge in [0.25, 0.3) is 0 Å². The standard InChI is InChI=1S/C39H55N5O2Si2/c1-8-34-37(33-23-29-14-15-30(22-29)24-33)42-38-35(32-16-17-36(40-25-32)31-12-10-9-11-13-31)26-41-44(38)39(34)43(27-45-18-20-47(2,3)4)28-46-19-21-48(5,6)7/h8-13,16-17,25-26,29-30,33H,1,14-15,18-24,27-28H2,2-7H3/t29-,30+,33+. The van der Waals surface area contributed by atoms with Crippen LogP contribution in [0, 0.1) is 11.8 Å². The van der Waals surface area contributed by atoms with E-state index in [4.69, 9.17) is 24.5 Å². The molecule has 0 spiro atoms. The molecular formula is C39H55N5O2Si2. The maximum absolute atomic E-state index is 6.43. The van der Waals surface area contributed by atoms with E-state index in [1.165, 1.54) is 32.1 Å². The molecule has 0 radical (unpaired) electrons. The van der Waals surface area contributed by atoms with Gasteiger partial charge in [0.05, 0.1) is 17.6 Å². The van der Waals surface area contributed by atoms with E-state index >= 15 is 0 Å². The highest BCUT2D eigenvalue weighted by atomic mass is 28.3. The van der Waals surface area contributed by atoms with Gasteiger partial charge in [-0.3, -0.25) is 4.98 Å².